The number of amides is 1. The van der Waals surface area contributed by atoms with Crippen LogP contribution in [0.25, 0.3) is 11.1 Å². The Morgan fingerprint density at radius 3 is 3.11 bits per heavy atom. The van der Waals surface area contributed by atoms with Gasteiger partial charge in [0, 0.05) is 12.4 Å². The fourth-order valence-electron chi connectivity index (χ4n) is 1.59. The van der Waals surface area contributed by atoms with Gasteiger partial charge in [0.2, 0.25) is 0 Å². The number of hydrogen-bond acceptors (Lipinski definition) is 5. The summed E-state index contributed by atoms with van der Waals surface area (Å²) in [4.78, 5) is 16.0. The van der Waals surface area contributed by atoms with Crippen LogP contribution >= 0.6 is 0 Å². The second-order valence-electron chi connectivity index (χ2n) is 3.79. The van der Waals surface area contributed by atoms with Crippen LogP contribution < -0.4 is 5.32 Å². The summed E-state index contributed by atoms with van der Waals surface area (Å²) in [6.45, 7) is 1.80. The average molecular weight is 243 g/mol. The minimum Gasteiger partial charge on any atom is -0.336 e. The molecule has 0 unspecified atom stereocenters. The van der Waals surface area contributed by atoms with Gasteiger partial charge in [-0.05, 0) is 13.0 Å². The Bertz CT molecular complexity index is 701. The highest BCUT2D eigenvalue weighted by molar-refractivity contribution is 6.05. The highest BCUT2D eigenvalue weighted by atomic mass is 16.5. The van der Waals surface area contributed by atoms with Crippen molar-refractivity contribution in [3.8, 4) is 0 Å². The molecule has 90 valence electrons. The molecule has 0 bridgehead atoms. The molecule has 0 aliphatic rings. The van der Waals surface area contributed by atoms with Gasteiger partial charge >= 0.3 is 0 Å². The summed E-state index contributed by atoms with van der Waals surface area (Å²) in [7, 11) is 0. The summed E-state index contributed by atoms with van der Waals surface area (Å²) in [5.41, 5.74) is 2.17. The third-order valence-electron chi connectivity index (χ3n) is 2.53. The van der Waals surface area contributed by atoms with E-state index in [-0.39, 0.29) is 5.91 Å². The van der Waals surface area contributed by atoms with Crippen molar-refractivity contribution < 1.29 is 9.32 Å². The average Bonchev–Trinajstić information content (AvgIpc) is 3.00. The topological polar surface area (TPSA) is 96.7 Å². The van der Waals surface area contributed by atoms with E-state index in [9.17, 15) is 4.79 Å². The van der Waals surface area contributed by atoms with Crippen molar-refractivity contribution in [3.63, 3.8) is 0 Å². The van der Waals surface area contributed by atoms with Gasteiger partial charge in [0.05, 0.1) is 28.5 Å². The predicted octanol–water partition coefficient (Wildman–Crippen LogP) is 1.51. The van der Waals surface area contributed by atoms with Crippen molar-refractivity contribution >= 4 is 22.7 Å². The van der Waals surface area contributed by atoms with Crippen LogP contribution in [-0.4, -0.2) is 26.2 Å². The minimum atomic E-state index is -0.258. The molecule has 3 rings (SSSR count). The second-order valence-corrected chi connectivity index (χ2v) is 3.79. The van der Waals surface area contributed by atoms with Gasteiger partial charge in [-0.25, -0.2) is 4.98 Å². The molecule has 0 spiro atoms. The summed E-state index contributed by atoms with van der Waals surface area (Å²) < 4.78 is 4.98. The molecule has 0 aliphatic heterocycles. The van der Waals surface area contributed by atoms with Crippen LogP contribution in [-0.2, 0) is 0 Å². The monoisotopic (exact) mass is 243 g/mol. The van der Waals surface area contributed by atoms with Crippen molar-refractivity contribution in [2.24, 2.45) is 0 Å². The molecule has 0 atom stereocenters. The lowest BCUT2D eigenvalue weighted by atomic mass is 10.2. The van der Waals surface area contributed by atoms with E-state index in [1.807, 2.05) is 0 Å². The maximum atomic E-state index is 11.9. The smallest absolute Gasteiger partial charge is 0.257 e. The standard InChI is InChI=1S/C11H9N5O2/c1-6-9-2-7(3-12-11(9)18-16-6)10(17)15-8-4-13-14-5-8/h2-5H,1H3,(H,13,14)(H,15,17). The van der Waals surface area contributed by atoms with E-state index in [0.29, 0.717) is 22.7 Å². The van der Waals surface area contributed by atoms with Crippen LogP contribution in [0.1, 0.15) is 16.1 Å². The van der Waals surface area contributed by atoms with Gasteiger partial charge in [-0.1, -0.05) is 5.16 Å². The van der Waals surface area contributed by atoms with Crippen LogP contribution in [0.5, 0.6) is 0 Å². The summed E-state index contributed by atoms with van der Waals surface area (Å²) >= 11 is 0. The SMILES string of the molecule is Cc1noc2ncc(C(=O)Nc3cn[nH]c3)cc12. The number of fused-ring (bicyclic) bond motifs is 1. The number of rotatable bonds is 2. The molecule has 1 amide bonds. The van der Waals surface area contributed by atoms with E-state index in [4.69, 9.17) is 4.52 Å². The van der Waals surface area contributed by atoms with Gasteiger partial charge in [0.25, 0.3) is 11.6 Å². The fourth-order valence-corrected chi connectivity index (χ4v) is 1.59. The number of nitrogens with one attached hydrogen (secondary N) is 2. The molecule has 7 nitrogen and oxygen atoms in total. The first-order valence-corrected chi connectivity index (χ1v) is 5.26. The lowest BCUT2D eigenvalue weighted by Gasteiger charge is -2.01. The van der Waals surface area contributed by atoms with Crippen LogP contribution in [0.4, 0.5) is 5.69 Å². The van der Waals surface area contributed by atoms with E-state index in [1.165, 1.54) is 12.4 Å². The Labute approximate surface area is 101 Å². The molecule has 3 aromatic rings. The molecule has 0 aromatic carbocycles. The van der Waals surface area contributed by atoms with E-state index < -0.39 is 0 Å². The van der Waals surface area contributed by atoms with Crippen molar-refractivity contribution in [2.45, 2.75) is 6.92 Å². The largest absolute Gasteiger partial charge is 0.336 e. The third kappa shape index (κ3) is 1.71. The summed E-state index contributed by atoms with van der Waals surface area (Å²) in [5, 5.41) is 13.6. The number of aryl methyl sites for hydroxylation is 1. The molecule has 7 heteroatoms. The van der Waals surface area contributed by atoms with E-state index >= 15 is 0 Å². The van der Waals surface area contributed by atoms with Crippen molar-refractivity contribution in [3.05, 3.63) is 35.9 Å². The zero-order valence-electron chi connectivity index (χ0n) is 9.47. The lowest BCUT2D eigenvalue weighted by molar-refractivity contribution is 0.102. The van der Waals surface area contributed by atoms with Gasteiger partial charge in [-0.3, -0.25) is 9.89 Å². The first-order valence-electron chi connectivity index (χ1n) is 5.26. The Morgan fingerprint density at radius 2 is 2.33 bits per heavy atom. The van der Waals surface area contributed by atoms with Crippen LogP contribution in [0.15, 0.2) is 29.2 Å². The molecule has 2 N–H and O–H groups in total. The summed E-state index contributed by atoms with van der Waals surface area (Å²) in [6, 6.07) is 1.70. The number of pyridine rings is 1. The maximum Gasteiger partial charge on any atom is 0.257 e. The molecule has 0 fully saturated rings. The number of aromatic amines is 1. The van der Waals surface area contributed by atoms with Crippen molar-refractivity contribution in [1.29, 1.82) is 0 Å². The van der Waals surface area contributed by atoms with E-state index in [2.05, 4.69) is 25.7 Å². The lowest BCUT2D eigenvalue weighted by Crippen LogP contribution is -2.11. The van der Waals surface area contributed by atoms with Gasteiger partial charge in [0.1, 0.15) is 0 Å². The molecular formula is C11H9N5O2. The second kappa shape index (κ2) is 3.95. The summed E-state index contributed by atoms with van der Waals surface area (Å²) in [5.74, 6) is -0.258. The molecule has 3 heterocycles. The number of hydrogen-bond donors (Lipinski definition) is 2. The van der Waals surface area contributed by atoms with E-state index in [0.717, 1.165) is 5.39 Å². The minimum absolute atomic E-state index is 0.258. The van der Waals surface area contributed by atoms with Crippen LogP contribution in [0.2, 0.25) is 0 Å². The first kappa shape index (κ1) is 10.5. The van der Waals surface area contributed by atoms with Gasteiger partial charge in [0.15, 0.2) is 0 Å². The number of nitrogens with zero attached hydrogens (tertiary/aromatic N) is 3. The van der Waals surface area contributed by atoms with Gasteiger partial charge in [-0.15, -0.1) is 0 Å². The summed E-state index contributed by atoms with van der Waals surface area (Å²) in [6.07, 6.45) is 4.56. The quantitative estimate of drug-likeness (QED) is 0.711. The Balaban J connectivity index is 1.93. The number of aromatic nitrogens is 4. The Morgan fingerprint density at radius 1 is 1.44 bits per heavy atom. The Hall–Kier alpha value is -2.70. The first-order chi connectivity index (χ1) is 8.74. The van der Waals surface area contributed by atoms with Crippen molar-refractivity contribution in [1.82, 2.24) is 20.3 Å². The molecule has 0 saturated carbocycles. The van der Waals surface area contributed by atoms with Crippen LogP contribution in [0.3, 0.4) is 0 Å². The highest BCUT2D eigenvalue weighted by Crippen LogP contribution is 2.17. The molecule has 0 saturated heterocycles. The fraction of sp³-hybridized carbons (Fsp3) is 0.0909. The zero-order chi connectivity index (χ0) is 12.5. The Kier molecular flexibility index (Phi) is 2.30. The normalized spacial score (nSPS) is 10.7. The number of carbonyl (C=O) groups is 1. The van der Waals surface area contributed by atoms with E-state index in [1.54, 1.807) is 19.2 Å². The number of carbonyl (C=O) groups excluding carboxylic acids is 1. The van der Waals surface area contributed by atoms with Gasteiger partial charge < -0.3 is 9.84 Å². The molecule has 0 aliphatic carbocycles. The molecular weight excluding hydrogens is 234 g/mol. The predicted molar refractivity (Wildman–Crippen MR) is 63.1 cm³/mol. The maximum absolute atomic E-state index is 11.9. The van der Waals surface area contributed by atoms with Crippen molar-refractivity contribution in [2.75, 3.05) is 5.32 Å². The van der Waals surface area contributed by atoms with Gasteiger partial charge in [-0.2, -0.15) is 5.10 Å². The van der Waals surface area contributed by atoms with Crippen LogP contribution in [0, 0.1) is 6.92 Å². The molecule has 0 radical (unpaired) electrons. The highest BCUT2D eigenvalue weighted by Gasteiger charge is 2.11. The third-order valence-corrected chi connectivity index (χ3v) is 2.53. The number of H-pyrrole nitrogens is 1. The number of anilines is 1. The molecule has 18 heavy (non-hydrogen) atoms. The molecule has 3 aromatic heterocycles. The zero-order valence-corrected chi connectivity index (χ0v) is 9.47.